The molecule has 9 nitrogen and oxygen atoms in total. The van der Waals surface area contributed by atoms with E-state index in [0.29, 0.717) is 48.4 Å². The van der Waals surface area contributed by atoms with E-state index in [1.807, 2.05) is 17.0 Å². The highest BCUT2D eigenvalue weighted by molar-refractivity contribution is 6.01. The second-order valence-corrected chi connectivity index (χ2v) is 7.18. The summed E-state index contributed by atoms with van der Waals surface area (Å²) in [6.07, 6.45) is 0. The van der Waals surface area contributed by atoms with Crippen molar-refractivity contribution in [2.24, 2.45) is 0 Å². The number of carbonyl (C=O) groups is 1. The number of carbonyl (C=O) groups excluding carboxylic acids is 1. The molecular weight excluding hydrogens is 374 g/mol. The van der Waals surface area contributed by atoms with Crippen LogP contribution in [0.2, 0.25) is 0 Å². The number of phenols is 1. The first kappa shape index (κ1) is 19.0. The molecule has 0 unspecified atom stereocenters. The molecular formula is C20H23N5O4. The van der Waals surface area contributed by atoms with Crippen molar-refractivity contribution in [1.82, 2.24) is 15.1 Å². The summed E-state index contributed by atoms with van der Waals surface area (Å²) in [6, 6.07) is 7.24. The lowest BCUT2D eigenvalue weighted by Crippen LogP contribution is -2.48. The van der Waals surface area contributed by atoms with Gasteiger partial charge >= 0.3 is 0 Å². The molecule has 3 heterocycles. The maximum absolute atomic E-state index is 12.5. The number of hydrogen-bond donors (Lipinski definition) is 3. The minimum Gasteiger partial charge on any atom is -0.506 e. The van der Waals surface area contributed by atoms with Gasteiger partial charge in [0.2, 0.25) is 11.8 Å². The van der Waals surface area contributed by atoms with E-state index >= 15 is 0 Å². The summed E-state index contributed by atoms with van der Waals surface area (Å²) in [5.74, 6) is 0.712. The van der Waals surface area contributed by atoms with Crippen LogP contribution in [0.15, 0.2) is 33.5 Å². The molecule has 0 saturated carbocycles. The Morgan fingerprint density at radius 1 is 1.21 bits per heavy atom. The summed E-state index contributed by atoms with van der Waals surface area (Å²) < 4.78 is 5.63. The Morgan fingerprint density at radius 3 is 2.66 bits per heavy atom. The van der Waals surface area contributed by atoms with E-state index in [1.165, 1.54) is 0 Å². The molecule has 1 aliphatic rings. The minimum atomic E-state index is -0.394. The largest absolute Gasteiger partial charge is 0.506 e. The van der Waals surface area contributed by atoms with Gasteiger partial charge in [-0.25, -0.2) is 5.10 Å². The standard InChI is InChI=1S/C20H23N5O4/c1-12-17-13(2)29-20(18(17)19(28)23-22-12)21-16(27)11-24-7-9-25(10-8-24)14-5-3-4-6-15(14)26/h3-6,26H,7-11H2,1-2H3,(H,21,27)(H,23,28). The Kier molecular flexibility index (Phi) is 4.98. The van der Waals surface area contributed by atoms with Gasteiger partial charge in [-0.05, 0) is 26.0 Å². The highest BCUT2D eigenvalue weighted by Gasteiger charge is 2.23. The Balaban J connectivity index is 1.40. The van der Waals surface area contributed by atoms with Crippen LogP contribution >= 0.6 is 0 Å². The Labute approximate surface area is 166 Å². The zero-order valence-electron chi connectivity index (χ0n) is 16.4. The van der Waals surface area contributed by atoms with E-state index in [9.17, 15) is 14.7 Å². The van der Waals surface area contributed by atoms with E-state index < -0.39 is 5.56 Å². The molecule has 29 heavy (non-hydrogen) atoms. The van der Waals surface area contributed by atoms with Gasteiger partial charge in [-0.3, -0.25) is 19.8 Å². The average Bonchev–Trinajstić information content (AvgIpc) is 3.03. The lowest BCUT2D eigenvalue weighted by atomic mass is 10.2. The molecule has 2 aromatic heterocycles. The van der Waals surface area contributed by atoms with Crippen LogP contribution in [-0.2, 0) is 4.79 Å². The van der Waals surface area contributed by atoms with Gasteiger partial charge in [-0.1, -0.05) is 12.1 Å². The molecule has 4 rings (SSSR count). The van der Waals surface area contributed by atoms with Crippen LogP contribution < -0.4 is 15.8 Å². The number of aromatic amines is 1. The van der Waals surface area contributed by atoms with Gasteiger partial charge in [-0.2, -0.15) is 5.10 Å². The maximum Gasteiger partial charge on any atom is 0.277 e. The van der Waals surface area contributed by atoms with E-state index in [4.69, 9.17) is 4.42 Å². The van der Waals surface area contributed by atoms with Crippen LogP contribution in [0.4, 0.5) is 11.6 Å². The normalized spacial score (nSPS) is 15.0. The highest BCUT2D eigenvalue weighted by atomic mass is 16.4. The van der Waals surface area contributed by atoms with Gasteiger partial charge in [0, 0.05) is 26.2 Å². The number of aromatic nitrogens is 2. The molecule has 1 aliphatic heterocycles. The highest BCUT2D eigenvalue weighted by Crippen LogP contribution is 2.29. The SMILES string of the molecule is Cc1n[nH]c(=O)c2c(NC(=O)CN3CCN(c4ccccc4O)CC3)oc(C)c12. The van der Waals surface area contributed by atoms with E-state index in [0.717, 1.165) is 5.69 Å². The first-order valence-electron chi connectivity index (χ1n) is 9.47. The van der Waals surface area contributed by atoms with E-state index in [1.54, 1.807) is 26.0 Å². The van der Waals surface area contributed by atoms with Crippen LogP contribution in [-0.4, -0.2) is 58.8 Å². The average molecular weight is 397 g/mol. The summed E-state index contributed by atoms with van der Waals surface area (Å²) >= 11 is 0. The van der Waals surface area contributed by atoms with Crippen molar-refractivity contribution in [3.05, 3.63) is 46.1 Å². The second kappa shape index (κ2) is 7.59. The predicted octanol–water partition coefficient (Wildman–Crippen LogP) is 1.60. The van der Waals surface area contributed by atoms with Crippen LogP contribution in [0.25, 0.3) is 10.8 Å². The Morgan fingerprint density at radius 2 is 1.93 bits per heavy atom. The minimum absolute atomic E-state index is 0.155. The molecule has 152 valence electrons. The number of fused-ring (bicyclic) bond motifs is 1. The third-order valence-electron chi connectivity index (χ3n) is 5.21. The molecule has 0 atom stereocenters. The Hall–Kier alpha value is -3.33. The van der Waals surface area contributed by atoms with Gasteiger partial charge in [0.15, 0.2) is 0 Å². The predicted molar refractivity (Wildman–Crippen MR) is 109 cm³/mol. The molecule has 9 heteroatoms. The van der Waals surface area contributed by atoms with E-state index in [-0.39, 0.29) is 24.1 Å². The summed E-state index contributed by atoms with van der Waals surface area (Å²) in [7, 11) is 0. The maximum atomic E-state index is 12.5. The van der Waals surface area contributed by atoms with Crippen molar-refractivity contribution < 1.29 is 14.3 Å². The fourth-order valence-corrected chi connectivity index (χ4v) is 3.78. The summed E-state index contributed by atoms with van der Waals surface area (Å²) in [5, 5.41) is 20.0. The number of hydrogen-bond acceptors (Lipinski definition) is 7. The van der Waals surface area contributed by atoms with Crippen LogP contribution in [0.3, 0.4) is 0 Å². The number of H-pyrrole nitrogens is 1. The number of nitrogens with zero attached hydrogens (tertiary/aromatic N) is 3. The number of aromatic hydroxyl groups is 1. The molecule has 1 saturated heterocycles. The van der Waals surface area contributed by atoms with Crippen molar-refractivity contribution in [1.29, 1.82) is 0 Å². The summed E-state index contributed by atoms with van der Waals surface area (Å²) in [5.41, 5.74) is 1.05. The lowest BCUT2D eigenvalue weighted by molar-refractivity contribution is -0.117. The van der Waals surface area contributed by atoms with Gasteiger partial charge in [0.1, 0.15) is 16.9 Å². The van der Waals surface area contributed by atoms with Crippen LogP contribution in [0, 0.1) is 13.8 Å². The fraction of sp³-hybridized carbons (Fsp3) is 0.350. The molecule has 3 N–H and O–H groups in total. The van der Waals surface area contributed by atoms with Gasteiger partial charge < -0.3 is 14.4 Å². The number of anilines is 2. The second-order valence-electron chi connectivity index (χ2n) is 7.18. The van der Waals surface area contributed by atoms with E-state index in [2.05, 4.69) is 20.4 Å². The molecule has 1 amide bonds. The summed E-state index contributed by atoms with van der Waals surface area (Å²) in [4.78, 5) is 28.8. The first-order chi connectivity index (χ1) is 13.9. The number of para-hydroxylation sites is 2. The number of phenolic OH excluding ortho intramolecular Hbond substituents is 1. The molecule has 1 fully saturated rings. The molecule has 0 aliphatic carbocycles. The molecule has 0 radical (unpaired) electrons. The topological polar surface area (TPSA) is 115 Å². The monoisotopic (exact) mass is 397 g/mol. The number of benzene rings is 1. The lowest BCUT2D eigenvalue weighted by Gasteiger charge is -2.35. The molecule has 1 aromatic carbocycles. The van der Waals surface area contributed by atoms with Crippen molar-refractivity contribution in [3.63, 3.8) is 0 Å². The molecule has 0 spiro atoms. The first-order valence-corrected chi connectivity index (χ1v) is 9.47. The number of amides is 1. The van der Waals surface area contributed by atoms with Crippen molar-refractivity contribution >= 4 is 28.3 Å². The van der Waals surface area contributed by atoms with Gasteiger partial charge in [0.25, 0.3) is 5.56 Å². The molecule has 3 aromatic rings. The number of furan rings is 1. The zero-order chi connectivity index (χ0) is 20.5. The number of aryl methyl sites for hydroxylation is 2. The number of piperazine rings is 1. The van der Waals surface area contributed by atoms with Gasteiger partial charge in [0.05, 0.1) is 23.3 Å². The van der Waals surface area contributed by atoms with Crippen molar-refractivity contribution in [2.45, 2.75) is 13.8 Å². The van der Waals surface area contributed by atoms with Crippen molar-refractivity contribution in [2.75, 3.05) is 42.9 Å². The quantitative estimate of drug-likeness (QED) is 0.612. The third kappa shape index (κ3) is 3.68. The Bertz CT molecular complexity index is 1110. The number of nitrogens with one attached hydrogen (secondary N) is 2. The van der Waals surface area contributed by atoms with Crippen molar-refractivity contribution in [3.8, 4) is 5.75 Å². The fourth-order valence-electron chi connectivity index (χ4n) is 3.78. The molecule has 0 bridgehead atoms. The van der Waals surface area contributed by atoms with Gasteiger partial charge in [-0.15, -0.1) is 0 Å². The van der Waals surface area contributed by atoms with Crippen LogP contribution in [0.5, 0.6) is 5.75 Å². The smallest absolute Gasteiger partial charge is 0.277 e. The van der Waals surface area contributed by atoms with Crippen LogP contribution in [0.1, 0.15) is 11.5 Å². The number of rotatable bonds is 4. The zero-order valence-corrected chi connectivity index (χ0v) is 16.4. The third-order valence-corrected chi connectivity index (χ3v) is 5.21. The summed E-state index contributed by atoms with van der Waals surface area (Å²) in [6.45, 7) is 6.49.